The van der Waals surface area contributed by atoms with Crippen molar-refractivity contribution in [2.75, 3.05) is 52.7 Å². The Labute approximate surface area is 117 Å². The third-order valence-corrected chi connectivity index (χ3v) is 2.30. The number of aliphatic carboxylic acids is 1. The lowest BCUT2D eigenvalue weighted by molar-refractivity contribution is -0.147. The zero-order valence-electron chi connectivity index (χ0n) is 11.5. The van der Waals surface area contributed by atoms with Crippen LogP contribution >= 0.6 is 0 Å². The second kappa shape index (κ2) is 12.8. The third-order valence-electron chi connectivity index (χ3n) is 2.30. The van der Waals surface area contributed by atoms with Gasteiger partial charge in [0, 0.05) is 33.0 Å². The van der Waals surface area contributed by atoms with Gasteiger partial charge in [-0.3, -0.25) is 9.59 Å². The average molecular weight is 293 g/mol. The van der Waals surface area contributed by atoms with E-state index in [1.807, 2.05) is 0 Å². The van der Waals surface area contributed by atoms with E-state index < -0.39 is 18.4 Å². The van der Waals surface area contributed by atoms with Crippen molar-refractivity contribution in [1.29, 1.82) is 0 Å². The van der Waals surface area contributed by atoms with Crippen molar-refractivity contribution in [2.24, 2.45) is 0 Å². The normalized spacial score (nSPS) is 10.5. The molecule has 0 aromatic carbocycles. The molecule has 0 aliphatic heterocycles. The molecule has 1 amide bonds. The number of carbonyl (C=O) groups is 2. The van der Waals surface area contributed by atoms with E-state index in [4.69, 9.17) is 24.8 Å². The van der Waals surface area contributed by atoms with E-state index in [1.54, 1.807) is 0 Å². The number of carboxylic acid groups (broad SMARTS) is 1. The molecule has 8 heteroatoms. The molecule has 0 aliphatic carbocycles. The fourth-order valence-electron chi connectivity index (χ4n) is 1.32. The lowest BCUT2D eigenvalue weighted by Crippen LogP contribution is -2.40. The minimum atomic E-state index is -1.11. The molecule has 0 radical (unpaired) electrons. The van der Waals surface area contributed by atoms with Crippen LogP contribution in [0.3, 0.4) is 0 Å². The summed E-state index contributed by atoms with van der Waals surface area (Å²) >= 11 is 0. The predicted molar refractivity (Wildman–Crippen MR) is 69.3 cm³/mol. The zero-order valence-corrected chi connectivity index (χ0v) is 11.5. The summed E-state index contributed by atoms with van der Waals surface area (Å²) in [6, 6.07) is 0. The molecule has 0 aromatic heterocycles. The molecule has 0 spiro atoms. The second-order valence-electron chi connectivity index (χ2n) is 4.03. The summed E-state index contributed by atoms with van der Waals surface area (Å²) in [5.74, 6) is -1.54. The minimum absolute atomic E-state index is 0.0221. The molecule has 0 saturated heterocycles. The van der Waals surface area contributed by atoms with Crippen molar-refractivity contribution in [3.05, 3.63) is 0 Å². The van der Waals surface area contributed by atoms with Gasteiger partial charge in [-0.2, -0.15) is 0 Å². The lowest BCUT2D eigenvalue weighted by atomic mass is 10.4. The van der Waals surface area contributed by atoms with Gasteiger partial charge in [0.2, 0.25) is 5.91 Å². The van der Waals surface area contributed by atoms with Gasteiger partial charge in [0.1, 0.15) is 13.2 Å². The number of rotatable bonds is 13. The standard InChI is InChI=1S/C12H23NO7/c14-4-1-6-19-8-3-13(9-12(17)18)11(16)10-20-7-2-5-15/h14-15H,1-10H2,(H,17,18). The van der Waals surface area contributed by atoms with Gasteiger partial charge in [0.25, 0.3) is 0 Å². The highest BCUT2D eigenvalue weighted by atomic mass is 16.5. The number of hydrogen-bond acceptors (Lipinski definition) is 6. The molecule has 0 aliphatic rings. The maximum atomic E-state index is 11.7. The van der Waals surface area contributed by atoms with Gasteiger partial charge in [-0.25, -0.2) is 0 Å². The highest BCUT2D eigenvalue weighted by molar-refractivity contribution is 5.82. The Morgan fingerprint density at radius 2 is 1.55 bits per heavy atom. The maximum absolute atomic E-state index is 11.7. The van der Waals surface area contributed by atoms with E-state index in [2.05, 4.69) is 0 Å². The van der Waals surface area contributed by atoms with Crippen LogP contribution in [0.2, 0.25) is 0 Å². The lowest BCUT2D eigenvalue weighted by Gasteiger charge is -2.20. The molecule has 0 aromatic rings. The summed E-state index contributed by atoms with van der Waals surface area (Å²) in [6.07, 6.45) is 0.924. The number of aliphatic hydroxyl groups excluding tert-OH is 2. The minimum Gasteiger partial charge on any atom is -0.480 e. The summed E-state index contributed by atoms with van der Waals surface area (Å²) in [5, 5.41) is 25.9. The van der Waals surface area contributed by atoms with E-state index in [0.29, 0.717) is 19.4 Å². The van der Waals surface area contributed by atoms with Crippen molar-refractivity contribution < 1.29 is 34.4 Å². The molecular weight excluding hydrogens is 270 g/mol. The number of aliphatic hydroxyl groups is 2. The smallest absolute Gasteiger partial charge is 0.323 e. The molecule has 3 N–H and O–H groups in total. The molecule has 0 heterocycles. The van der Waals surface area contributed by atoms with Crippen LogP contribution in [0, 0.1) is 0 Å². The number of amides is 1. The third kappa shape index (κ3) is 10.7. The Morgan fingerprint density at radius 3 is 2.10 bits per heavy atom. The van der Waals surface area contributed by atoms with Crippen molar-refractivity contribution >= 4 is 11.9 Å². The summed E-state index contributed by atoms with van der Waals surface area (Å²) in [7, 11) is 0. The molecule has 0 unspecified atom stereocenters. The van der Waals surface area contributed by atoms with Crippen LogP contribution in [0.5, 0.6) is 0 Å². The second-order valence-corrected chi connectivity index (χ2v) is 4.03. The quantitative estimate of drug-likeness (QED) is 0.361. The highest BCUT2D eigenvalue weighted by Gasteiger charge is 2.16. The molecule has 0 saturated carbocycles. The van der Waals surface area contributed by atoms with Crippen molar-refractivity contribution in [2.45, 2.75) is 12.8 Å². The maximum Gasteiger partial charge on any atom is 0.323 e. The Kier molecular flexibility index (Phi) is 12.0. The first kappa shape index (κ1) is 18.8. The molecule has 8 nitrogen and oxygen atoms in total. The Hall–Kier alpha value is -1.22. The van der Waals surface area contributed by atoms with Crippen LogP contribution in [-0.2, 0) is 19.1 Å². The summed E-state index contributed by atoms with van der Waals surface area (Å²) in [5.41, 5.74) is 0. The Balaban J connectivity index is 3.98. The molecule has 0 atom stereocenters. The molecular formula is C12H23NO7. The predicted octanol–water partition coefficient (Wildman–Crippen LogP) is -1.30. The number of carbonyl (C=O) groups excluding carboxylic acids is 1. The number of ether oxygens (including phenoxy) is 2. The molecule has 0 fully saturated rings. The Bertz CT molecular complexity index is 273. The zero-order chi connectivity index (χ0) is 15.2. The largest absolute Gasteiger partial charge is 0.480 e. The van der Waals surface area contributed by atoms with Crippen LogP contribution in [0.15, 0.2) is 0 Å². The van der Waals surface area contributed by atoms with Crippen LogP contribution in [-0.4, -0.2) is 84.8 Å². The average Bonchev–Trinajstić information content (AvgIpc) is 2.41. The molecule has 0 rings (SSSR count). The summed E-state index contributed by atoms with van der Waals surface area (Å²) < 4.78 is 10.2. The molecule has 118 valence electrons. The highest BCUT2D eigenvalue weighted by Crippen LogP contribution is 1.94. The van der Waals surface area contributed by atoms with Gasteiger partial charge in [0.05, 0.1) is 6.61 Å². The van der Waals surface area contributed by atoms with E-state index in [1.165, 1.54) is 0 Å². The van der Waals surface area contributed by atoms with E-state index in [0.717, 1.165) is 4.90 Å². The summed E-state index contributed by atoms with van der Waals surface area (Å²) in [4.78, 5) is 23.6. The SMILES string of the molecule is O=C(O)CN(CCOCCCO)C(=O)COCCCO. The van der Waals surface area contributed by atoms with Crippen LogP contribution in [0.4, 0.5) is 0 Å². The number of hydrogen-bond donors (Lipinski definition) is 3. The monoisotopic (exact) mass is 293 g/mol. The first-order valence-corrected chi connectivity index (χ1v) is 6.48. The van der Waals surface area contributed by atoms with Gasteiger partial charge in [-0.05, 0) is 12.8 Å². The Morgan fingerprint density at radius 1 is 0.950 bits per heavy atom. The first-order chi connectivity index (χ1) is 9.61. The van der Waals surface area contributed by atoms with Gasteiger partial charge in [-0.15, -0.1) is 0 Å². The van der Waals surface area contributed by atoms with E-state index in [-0.39, 0.29) is 39.6 Å². The van der Waals surface area contributed by atoms with Crippen molar-refractivity contribution in [3.63, 3.8) is 0 Å². The molecule has 20 heavy (non-hydrogen) atoms. The molecule has 0 bridgehead atoms. The topological polar surface area (TPSA) is 117 Å². The van der Waals surface area contributed by atoms with Crippen LogP contribution in [0.25, 0.3) is 0 Å². The fraction of sp³-hybridized carbons (Fsp3) is 0.833. The number of carboxylic acids is 1. The van der Waals surface area contributed by atoms with E-state index >= 15 is 0 Å². The first-order valence-electron chi connectivity index (χ1n) is 6.48. The fourth-order valence-corrected chi connectivity index (χ4v) is 1.32. The van der Waals surface area contributed by atoms with Crippen molar-refractivity contribution in [3.8, 4) is 0 Å². The van der Waals surface area contributed by atoms with Crippen LogP contribution < -0.4 is 0 Å². The van der Waals surface area contributed by atoms with Gasteiger partial charge in [-0.1, -0.05) is 0 Å². The van der Waals surface area contributed by atoms with Gasteiger partial charge >= 0.3 is 5.97 Å². The van der Waals surface area contributed by atoms with Gasteiger partial charge in [0.15, 0.2) is 0 Å². The van der Waals surface area contributed by atoms with E-state index in [9.17, 15) is 9.59 Å². The van der Waals surface area contributed by atoms with Crippen molar-refractivity contribution in [1.82, 2.24) is 4.90 Å². The van der Waals surface area contributed by atoms with Crippen LogP contribution in [0.1, 0.15) is 12.8 Å². The summed E-state index contributed by atoms with van der Waals surface area (Å²) in [6.45, 7) is 0.335. The number of nitrogens with zero attached hydrogens (tertiary/aromatic N) is 1. The van der Waals surface area contributed by atoms with Gasteiger partial charge < -0.3 is 29.7 Å².